The van der Waals surface area contributed by atoms with Crippen LogP contribution in [-0.2, 0) is 14.3 Å². The first-order valence-electron chi connectivity index (χ1n) is 21.0. The monoisotopic (exact) mass is 697 g/mol. The molecule has 0 aromatic heterocycles. The predicted molar refractivity (Wildman–Crippen MR) is 208 cm³/mol. The van der Waals surface area contributed by atoms with Crippen LogP contribution in [0.2, 0.25) is 0 Å². The van der Waals surface area contributed by atoms with Gasteiger partial charge < -0.3 is 26.4 Å². The standard InChI is InChI=1S/C43H76N4O3/c1-7-33(31(2)3)13-12-32(4)37-16-17-38-36-15-14-34-30-35(20-22-42(34,5)39(36)21-23-43(37,38)6)50-41(49)19-18-40(48)47-29-11-28-46-26-9-8-25-45-27-10-24-44/h12-14,31-33,35-39,45-46H,7-11,15-30,44H2,1-6H3,(H,47,48)/b13-12+/t32-,33-,35+,36+,37-,38+,39+,42+,43-/m1/s1. The maximum Gasteiger partial charge on any atom is 0.306 e. The third-order valence-electron chi connectivity index (χ3n) is 14.0. The Morgan fingerprint density at radius 3 is 2.32 bits per heavy atom. The lowest BCUT2D eigenvalue weighted by molar-refractivity contribution is -0.152. The second kappa shape index (κ2) is 19.9. The molecule has 0 heterocycles. The maximum atomic E-state index is 12.8. The summed E-state index contributed by atoms with van der Waals surface area (Å²) in [6.07, 6.45) is 23.0. The van der Waals surface area contributed by atoms with Crippen LogP contribution in [0.1, 0.15) is 138 Å². The lowest BCUT2D eigenvalue weighted by atomic mass is 9.47. The van der Waals surface area contributed by atoms with Crippen LogP contribution in [0.4, 0.5) is 0 Å². The number of allylic oxidation sites excluding steroid dienone is 3. The first kappa shape index (κ1) is 41.1. The molecule has 5 N–H and O–H groups in total. The lowest BCUT2D eigenvalue weighted by Gasteiger charge is -2.58. The number of fused-ring (bicyclic) bond motifs is 5. The number of esters is 1. The van der Waals surface area contributed by atoms with E-state index < -0.39 is 0 Å². The molecular weight excluding hydrogens is 620 g/mol. The lowest BCUT2D eigenvalue weighted by Crippen LogP contribution is -2.51. The molecule has 0 unspecified atom stereocenters. The number of hydrogen-bond acceptors (Lipinski definition) is 6. The number of carbonyl (C=O) groups excluding carboxylic acids is 2. The molecule has 9 atom stereocenters. The Morgan fingerprint density at radius 2 is 1.62 bits per heavy atom. The molecule has 0 bridgehead atoms. The zero-order valence-corrected chi connectivity index (χ0v) is 33.0. The van der Waals surface area contributed by atoms with Crippen molar-refractivity contribution in [2.24, 2.45) is 58.0 Å². The SMILES string of the molecule is CC[C@H](/C=C/[C@@H](C)[C@H]1CC[C@H]2[C@@H]3CC=C4C[C@@H](OC(=O)CCC(=O)NCCCNCCCCNCCCN)CC[C@]4(C)[C@H]3CC[C@]12C)C(C)C. The van der Waals surface area contributed by atoms with Gasteiger partial charge in [-0.3, -0.25) is 9.59 Å². The molecule has 0 aliphatic heterocycles. The van der Waals surface area contributed by atoms with Gasteiger partial charge in [0.25, 0.3) is 0 Å². The molecule has 4 rings (SSSR count). The van der Waals surface area contributed by atoms with E-state index in [0.29, 0.717) is 29.7 Å². The van der Waals surface area contributed by atoms with E-state index in [9.17, 15) is 9.59 Å². The maximum absolute atomic E-state index is 12.8. The fourth-order valence-corrected chi connectivity index (χ4v) is 10.9. The second-order valence-corrected chi connectivity index (χ2v) is 17.5. The molecule has 0 spiro atoms. The van der Waals surface area contributed by atoms with E-state index in [1.807, 2.05) is 0 Å². The van der Waals surface area contributed by atoms with Crippen LogP contribution < -0.4 is 21.7 Å². The first-order chi connectivity index (χ1) is 24.0. The fourth-order valence-electron chi connectivity index (χ4n) is 10.9. The summed E-state index contributed by atoms with van der Waals surface area (Å²) in [6.45, 7) is 20.0. The van der Waals surface area contributed by atoms with Crippen molar-refractivity contribution in [2.45, 2.75) is 144 Å². The Kier molecular flexibility index (Phi) is 16.4. The zero-order valence-electron chi connectivity index (χ0n) is 33.0. The average Bonchev–Trinajstić information content (AvgIpc) is 3.45. The number of nitrogens with one attached hydrogen (secondary N) is 3. The van der Waals surface area contributed by atoms with Crippen molar-refractivity contribution in [1.82, 2.24) is 16.0 Å². The van der Waals surface area contributed by atoms with E-state index in [0.717, 1.165) is 101 Å². The number of hydrogen-bond donors (Lipinski definition) is 4. The van der Waals surface area contributed by atoms with E-state index >= 15 is 0 Å². The Morgan fingerprint density at radius 1 is 0.900 bits per heavy atom. The largest absolute Gasteiger partial charge is 0.462 e. The molecule has 1 amide bonds. The van der Waals surface area contributed by atoms with E-state index in [4.69, 9.17) is 10.5 Å². The van der Waals surface area contributed by atoms with E-state index in [-0.39, 0.29) is 36.2 Å². The summed E-state index contributed by atoms with van der Waals surface area (Å²) in [7, 11) is 0. The molecule has 3 saturated carbocycles. The molecule has 286 valence electrons. The number of carbonyl (C=O) groups is 2. The van der Waals surface area contributed by atoms with Crippen LogP contribution in [-0.4, -0.2) is 57.2 Å². The van der Waals surface area contributed by atoms with Gasteiger partial charge in [-0.15, -0.1) is 0 Å². The number of unbranched alkanes of at least 4 members (excludes halogenated alkanes) is 1. The Bertz CT molecular complexity index is 1120. The molecule has 0 aromatic carbocycles. The highest BCUT2D eigenvalue weighted by atomic mass is 16.5. The molecule has 4 aliphatic rings. The number of ether oxygens (including phenoxy) is 1. The Balaban J connectivity index is 1.15. The van der Waals surface area contributed by atoms with Crippen molar-refractivity contribution in [3.05, 3.63) is 23.8 Å². The molecule has 0 saturated heterocycles. The predicted octanol–water partition coefficient (Wildman–Crippen LogP) is 7.95. The summed E-state index contributed by atoms with van der Waals surface area (Å²) in [5.41, 5.74) is 7.73. The minimum atomic E-state index is -0.227. The fraction of sp³-hybridized carbons (Fsp3) is 0.860. The van der Waals surface area contributed by atoms with Crippen molar-refractivity contribution in [2.75, 3.05) is 39.3 Å². The first-order valence-corrected chi connectivity index (χ1v) is 21.0. The van der Waals surface area contributed by atoms with Crippen molar-refractivity contribution in [3.8, 4) is 0 Å². The van der Waals surface area contributed by atoms with Gasteiger partial charge in [0.1, 0.15) is 6.10 Å². The van der Waals surface area contributed by atoms with Crippen LogP contribution >= 0.6 is 0 Å². The molecule has 7 nitrogen and oxygen atoms in total. The van der Waals surface area contributed by atoms with Gasteiger partial charge in [0.15, 0.2) is 0 Å². The van der Waals surface area contributed by atoms with E-state index in [2.05, 4.69) is 75.7 Å². The van der Waals surface area contributed by atoms with E-state index in [1.54, 1.807) is 5.57 Å². The highest BCUT2D eigenvalue weighted by molar-refractivity contribution is 5.81. The summed E-state index contributed by atoms with van der Waals surface area (Å²) in [5.74, 6) is 4.92. The number of nitrogens with two attached hydrogens (primary N) is 1. The van der Waals surface area contributed by atoms with Gasteiger partial charge in [-0.2, -0.15) is 0 Å². The Labute approximate surface area is 306 Å². The van der Waals surface area contributed by atoms with Crippen LogP contribution in [0.25, 0.3) is 0 Å². The van der Waals surface area contributed by atoms with E-state index in [1.165, 1.54) is 38.5 Å². The summed E-state index contributed by atoms with van der Waals surface area (Å²) < 4.78 is 5.99. The van der Waals surface area contributed by atoms with Crippen molar-refractivity contribution < 1.29 is 14.3 Å². The molecule has 3 fully saturated rings. The second-order valence-electron chi connectivity index (χ2n) is 17.5. The van der Waals surface area contributed by atoms with Gasteiger partial charge in [-0.05, 0) is 162 Å². The molecule has 50 heavy (non-hydrogen) atoms. The van der Waals surface area contributed by atoms with Crippen LogP contribution in [0, 0.1) is 52.3 Å². The van der Waals surface area contributed by atoms with Gasteiger partial charge in [0.2, 0.25) is 5.91 Å². The van der Waals surface area contributed by atoms with Gasteiger partial charge in [-0.1, -0.05) is 65.3 Å². The van der Waals surface area contributed by atoms with Crippen molar-refractivity contribution in [3.63, 3.8) is 0 Å². The third kappa shape index (κ3) is 10.7. The molecule has 4 aliphatic carbocycles. The van der Waals surface area contributed by atoms with Crippen LogP contribution in [0.5, 0.6) is 0 Å². The minimum absolute atomic E-state index is 0.0515. The Hall–Kier alpha value is -1.70. The quantitative estimate of drug-likeness (QED) is 0.0552. The average molecular weight is 697 g/mol. The molecular formula is C43H76N4O3. The highest BCUT2D eigenvalue weighted by Gasteiger charge is 2.59. The number of amides is 1. The molecule has 0 radical (unpaired) electrons. The molecule has 7 heteroatoms. The minimum Gasteiger partial charge on any atom is -0.462 e. The topological polar surface area (TPSA) is 105 Å². The van der Waals surface area contributed by atoms with Gasteiger partial charge in [0.05, 0.1) is 6.42 Å². The van der Waals surface area contributed by atoms with Crippen LogP contribution in [0.15, 0.2) is 23.8 Å². The molecule has 0 aromatic rings. The van der Waals surface area contributed by atoms with Crippen molar-refractivity contribution >= 4 is 11.9 Å². The van der Waals surface area contributed by atoms with Crippen LogP contribution in [0.3, 0.4) is 0 Å². The summed E-state index contributed by atoms with van der Waals surface area (Å²) >= 11 is 0. The van der Waals surface area contributed by atoms with Gasteiger partial charge in [-0.25, -0.2) is 0 Å². The van der Waals surface area contributed by atoms with Crippen molar-refractivity contribution in [1.29, 1.82) is 0 Å². The normalized spacial score (nSPS) is 31.8. The summed E-state index contributed by atoms with van der Waals surface area (Å²) in [4.78, 5) is 25.2. The highest BCUT2D eigenvalue weighted by Crippen LogP contribution is 2.67. The number of rotatable bonds is 21. The van der Waals surface area contributed by atoms with Gasteiger partial charge in [0, 0.05) is 19.4 Å². The summed E-state index contributed by atoms with van der Waals surface area (Å²) in [5, 5.41) is 9.81. The zero-order chi connectivity index (χ0) is 36.1. The smallest absolute Gasteiger partial charge is 0.306 e. The van der Waals surface area contributed by atoms with Gasteiger partial charge >= 0.3 is 5.97 Å². The summed E-state index contributed by atoms with van der Waals surface area (Å²) in [6, 6.07) is 0. The third-order valence-corrected chi connectivity index (χ3v) is 14.0.